The number of aromatic nitrogens is 2. The van der Waals surface area contributed by atoms with Gasteiger partial charge >= 0.3 is 0 Å². The number of anilines is 1. The highest BCUT2D eigenvalue weighted by Gasteiger charge is 2.32. The van der Waals surface area contributed by atoms with Crippen LogP contribution in [0.5, 0.6) is 5.75 Å². The van der Waals surface area contributed by atoms with Crippen LogP contribution in [0.2, 0.25) is 5.02 Å². The third-order valence-corrected chi connectivity index (χ3v) is 6.98. The Balaban J connectivity index is 1.52. The molecule has 1 aliphatic heterocycles. The van der Waals surface area contributed by atoms with Crippen molar-refractivity contribution in [2.45, 2.75) is 26.3 Å². The van der Waals surface area contributed by atoms with Crippen LogP contribution < -0.4 is 9.75 Å². The van der Waals surface area contributed by atoms with Gasteiger partial charge in [-0.1, -0.05) is 83.9 Å². The van der Waals surface area contributed by atoms with Crippen LogP contribution in [0.1, 0.15) is 36.1 Å². The van der Waals surface area contributed by atoms with Gasteiger partial charge in [-0.2, -0.15) is 5.10 Å². The molecule has 1 aromatic heterocycles. The summed E-state index contributed by atoms with van der Waals surface area (Å²) in [4.78, 5) is 10.1. The molecule has 5 nitrogen and oxygen atoms in total. The first-order valence-corrected chi connectivity index (χ1v) is 13.2. The molecule has 0 N–H and O–H groups in total. The van der Waals surface area contributed by atoms with Gasteiger partial charge in [-0.25, -0.2) is 15.0 Å². The molecule has 0 amide bonds. The van der Waals surface area contributed by atoms with E-state index < -0.39 is 0 Å². The number of hydrogen-bond acceptors (Lipinski definition) is 5. The highest BCUT2D eigenvalue weighted by Crippen LogP contribution is 2.38. The van der Waals surface area contributed by atoms with Gasteiger partial charge in [0.15, 0.2) is 0 Å². The lowest BCUT2D eigenvalue weighted by atomic mass is 9.97. The number of halogens is 1. The van der Waals surface area contributed by atoms with Crippen LogP contribution >= 0.6 is 11.6 Å². The predicted octanol–water partition coefficient (Wildman–Crippen LogP) is 8.01. The van der Waals surface area contributed by atoms with Crippen LogP contribution in [0.4, 0.5) is 5.95 Å². The molecular weight excluding hydrogens is 492 g/mol. The largest absolute Gasteiger partial charge is 0.494 e. The smallest absolute Gasteiger partial charge is 0.247 e. The minimum atomic E-state index is -0.0786. The second-order valence-electron chi connectivity index (χ2n) is 9.38. The lowest BCUT2D eigenvalue weighted by molar-refractivity contribution is 0.339. The SMILES string of the molecule is CCOc1cccc([C@H]2CC(c3cccc(C)c3)=NN2c2nc(-c3ccc(Cl)cc3)c3ccccc3n2)c1. The Morgan fingerprint density at radius 1 is 0.868 bits per heavy atom. The molecule has 6 heteroatoms. The van der Waals surface area contributed by atoms with E-state index in [0.29, 0.717) is 17.6 Å². The first-order chi connectivity index (χ1) is 18.6. The van der Waals surface area contributed by atoms with Crippen molar-refractivity contribution in [2.24, 2.45) is 5.10 Å². The Morgan fingerprint density at radius 2 is 1.68 bits per heavy atom. The van der Waals surface area contributed by atoms with Crippen molar-refractivity contribution >= 4 is 34.2 Å². The zero-order chi connectivity index (χ0) is 26.1. The highest BCUT2D eigenvalue weighted by atomic mass is 35.5. The van der Waals surface area contributed by atoms with E-state index in [2.05, 4.69) is 49.4 Å². The minimum absolute atomic E-state index is 0.0786. The van der Waals surface area contributed by atoms with Crippen molar-refractivity contribution in [1.82, 2.24) is 9.97 Å². The average molecular weight is 519 g/mol. The van der Waals surface area contributed by atoms with Crippen LogP contribution in [0.15, 0.2) is 102 Å². The molecule has 5 aromatic rings. The summed E-state index contributed by atoms with van der Waals surface area (Å²) in [5, 5.41) is 8.76. The zero-order valence-electron chi connectivity index (χ0n) is 21.3. The van der Waals surface area contributed by atoms with Gasteiger partial charge in [-0.3, -0.25) is 0 Å². The molecule has 4 aromatic carbocycles. The Labute approximate surface area is 227 Å². The molecule has 0 fully saturated rings. The summed E-state index contributed by atoms with van der Waals surface area (Å²) in [7, 11) is 0. The standard InChI is InChI=1S/C32H27ClN4O/c1-3-38-26-11-7-10-24(19-26)30-20-29(23-9-6-8-21(2)18-23)36-37(30)32-34-28-13-5-4-12-27(28)31(35-32)22-14-16-25(33)17-15-22/h4-19,30H,3,20H2,1-2H3/t30-/m1/s1. The van der Waals surface area contributed by atoms with Gasteiger partial charge < -0.3 is 4.74 Å². The second-order valence-corrected chi connectivity index (χ2v) is 9.82. The molecular formula is C32H27ClN4O. The third kappa shape index (κ3) is 4.73. The van der Waals surface area contributed by atoms with Gasteiger partial charge in [0, 0.05) is 22.4 Å². The van der Waals surface area contributed by atoms with Gasteiger partial charge in [0.1, 0.15) is 5.75 Å². The van der Waals surface area contributed by atoms with E-state index in [1.54, 1.807) is 0 Å². The Morgan fingerprint density at radius 3 is 2.50 bits per heavy atom. The fraction of sp³-hybridized carbons (Fsp3) is 0.156. The van der Waals surface area contributed by atoms with Crippen molar-refractivity contribution in [3.63, 3.8) is 0 Å². The summed E-state index contributed by atoms with van der Waals surface area (Å²) < 4.78 is 5.82. The maximum atomic E-state index is 6.19. The van der Waals surface area contributed by atoms with E-state index in [4.69, 9.17) is 31.4 Å². The van der Waals surface area contributed by atoms with Gasteiger partial charge in [0.2, 0.25) is 5.95 Å². The van der Waals surface area contributed by atoms with Crippen molar-refractivity contribution in [1.29, 1.82) is 0 Å². The van der Waals surface area contributed by atoms with E-state index in [1.165, 1.54) is 5.56 Å². The Bertz CT molecular complexity index is 1650. The van der Waals surface area contributed by atoms with Crippen LogP contribution in [0.3, 0.4) is 0 Å². The minimum Gasteiger partial charge on any atom is -0.494 e. The number of hydrogen-bond donors (Lipinski definition) is 0. The molecule has 38 heavy (non-hydrogen) atoms. The van der Waals surface area contributed by atoms with E-state index in [1.807, 2.05) is 66.5 Å². The molecule has 2 heterocycles. The quantitative estimate of drug-likeness (QED) is 0.228. The number of benzene rings is 4. The summed E-state index contributed by atoms with van der Waals surface area (Å²) in [6.07, 6.45) is 0.728. The van der Waals surface area contributed by atoms with Crippen LogP contribution in [0.25, 0.3) is 22.2 Å². The number of fused-ring (bicyclic) bond motifs is 1. The van der Waals surface area contributed by atoms with Gasteiger partial charge in [0.05, 0.1) is 29.6 Å². The maximum absolute atomic E-state index is 6.19. The van der Waals surface area contributed by atoms with Gasteiger partial charge in [-0.05, 0) is 55.3 Å². The molecule has 0 radical (unpaired) electrons. The molecule has 0 aliphatic carbocycles. The second kappa shape index (κ2) is 10.3. The molecule has 1 atom stereocenters. The Hall–Kier alpha value is -4.22. The van der Waals surface area contributed by atoms with Crippen LogP contribution in [-0.4, -0.2) is 22.3 Å². The summed E-state index contributed by atoms with van der Waals surface area (Å²) in [5.41, 5.74) is 7.11. The summed E-state index contributed by atoms with van der Waals surface area (Å²) in [6, 6.07) is 32.5. The molecule has 0 spiro atoms. The lowest BCUT2D eigenvalue weighted by Crippen LogP contribution is -2.21. The third-order valence-electron chi connectivity index (χ3n) is 6.73. The number of ether oxygens (including phenoxy) is 1. The van der Waals surface area contributed by atoms with E-state index in [0.717, 1.165) is 51.2 Å². The molecule has 0 saturated carbocycles. The summed E-state index contributed by atoms with van der Waals surface area (Å²) >= 11 is 6.19. The normalized spacial score (nSPS) is 15.1. The van der Waals surface area contributed by atoms with E-state index in [-0.39, 0.29) is 6.04 Å². The van der Waals surface area contributed by atoms with Crippen molar-refractivity contribution in [2.75, 3.05) is 11.6 Å². The summed E-state index contributed by atoms with van der Waals surface area (Å²) in [6.45, 7) is 4.71. The van der Waals surface area contributed by atoms with Gasteiger partial charge in [-0.15, -0.1) is 0 Å². The first kappa shape index (κ1) is 24.1. The van der Waals surface area contributed by atoms with Crippen molar-refractivity contribution < 1.29 is 4.74 Å². The number of rotatable bonds is 6. The van der Waals surface area contributed by atoms with Crippen molar-refractivity contribution in [3.05, 3.63) is 119 Å². The summed E-state index contributed by atoms with van der Waals surface area (Å²) in [5.74, 6) is 1.40. The fourth-order valence-electron chi connectivity index (χ4n) is 4.93. The topological polar surface area (TPSA) is 50.6 Å². The van der Waals surface area contributed by atoms with E-state index >= 15 is 0 Å². The number of nitrogens with zero attached hydrogens (tertiary/aromatic N) is 4. The molecule has 6 rings (SSSR count). The molecule has 0 bridgehead atoms. The Kier molecular flexibility index (Phi) is 6.52. The van der Waals surface area contributed by atoms with Crippen molar-refractivity contribution in [3.8, 4) is 17.0 Å². The number of hydrazone groups is 1. The predicted molar refractivity (Wildman–Crippen MR) is 155 cm³/mol. The highest BCUT2D eigenvalue weighted by molar-refractivity contribution is 6.30. The first-order valence-electron chi connectivity index (χ1n) is 12.8. The monoisotopic (exact) mass is 518 g/mol. The maximum Gasteiger partial charge on any atom is 0.247 e. The zero-order valence-corrected chi connectivity index (χ0v) is 22.1. The molecule has 0 unspecified atom stereocenters. The van der Waals surface area contributed by atoms with Gasteiger partial charge in [0.25, 0.3) is 0 Å². The molecule has 0 saturated heterocycles. The number of para-hydroxylation sites is 1. The van der Waals surface area contributed by atoms with E-state index in [9.17, 15) is 0 Å². The number of aryl methyl sites for hydroxylation is 1. The fourth-order valence-corrected chi connectivity index (χ4v) is 5.05. The average Bonchev–Trinajstić information content (AvgIpc) is 3.39. The lowest BCUT2D eigenvalue weighted by Gasteiger charge is -2.23. The van der Waals surface area contributed by atoms with Crippen LogP contribution in [0, 0.1) is 6.92 Å². The molecule has 1 aliphatic rings. The van der Waals surface area contributed by atoms with Crippen LogP contribution in [-0.2, 0) is 0 Å². The molecule has 188 valence electrons.